The van der Waals surface area contributed by atoms with Crippen LogP contribution in [0.1, 0.15) is 26.7 Å². The Labute approximate surface area is 75.2 Å². The third kappa shape index (κ3) is 2.76. The maximum atomic E-state index is 5.73. The van der Waals surface area contributed by atoms with Crippen LogP contribution in [0.2, 0.25) is 0 Å². The van der Waals surface area contributed by atoms with Crippen molar-refractivity contribution >= 4 is 0 Å². The highest BCUT2D eigenvalue weighted by atomic mass is 16.7. The first-order valence-corrected chi connectivity index (χ1v) is 4.72. The molecular weight excluding hydrogens is 152 g/mol. The third-order valence-electron chi connectivity index (χ3n) is 2.26. The molecule has 1 unspecified atom stereocenters. The largest absolute Gasteiger partial charge is 0.352 e. The van der Waals surface area contributed by atoms with Crippen LogP contribution in [0.15, 0.2) is 0 Å². The fourth-order valence-corrected chi connectivity index (χ4v) is 1.26. The molecule has 0 aromatic carbocycles. The molecule has 1 fully saturated rings. The number of hydrogen-bond acceptors (Lipinski definition) is 2. The smallest absolute Gasteiger partial charge is 0.157 e. The van der Waals surface area contributed by atoms with Gasteiger partial charge in [0.1, 0.15) is 0 Å². The molecule has 2 radical (unpaired) electrons. The van der Waals surface area contributed by atoms with Crippen molar-refractivity contribution in [1.29, 1.82) is 0 Å². The summed E-state index contributed by atoms with van der Waals surface area (Å²) >= 11 is 0. The SMILES string of the molecule is [CH]C(C)C1COC(CCC)OC1. The van der Waals surface area contributed by atoms with Crippen LogP contribution in [-0.4, -0.2) is 19.5 Å². The van der Waals surface area contributed by atoms with Crippen LogP contribution in [0.4, 0.5) is 0 Å². The van der Waals surface area contributed by atoms with Crippen LogP contribution in [0.5, 0.6) is 0 Å². The van der Waals surface area contributed by atoms with Gasteiger partial charge in [0.25, 0.3) is 0 Å². The zero-order valence-corrected chi connectivity index (χ0v) is 7.95. The first-order valence-electron chi connectivity index (χ1n) is 4.72. The Morgan fingerprint density at radius 3 is 2.42 bits per heavy atom. The Hall–Kier alpha value is -0.0800. The van der Waals surface area contributed by atoms with E-state index in [1.54, 1.807) is 0 Å². The molecule has 1 aliphatic rings. The van der Waals surface area contributed by atoms with Gasteiger partial charge in [-0.3, -0.25) is 0 Å². The molecule has 1 atom stereocenters. The lowest BCUT2D eigenvalue weighted by Crippen LogP contribution is -2.34. The number of ether oxygens (including phenoxy) is 2. The third-order valence-corrected chi connectivity index (χ3v) is 2.26. The molecule has 0 amide bonds. The quantitative estimate of drug-likeness (QED) is 0.646. The summed E-state index contributed by atoms with van der Waals surface area (Å²) in [7, 11) is 0. The summed E-state index contributed by atoms with van der Waals surface area (Å²) in [5.74, 6) is 0.547. The molecule has 0 saturated carbocycles. The van der Waals surface area contributed by atoms with Gasteiger partial charge in [0.15, 0.2) is 6.29 Å². The van der Waals surface area contributed by atoms with Crippen molar-refractivity contribution in [3.63, 3.8) is 0 Å². The van der Waals surface area contributed by atoms with E-state index in [2.05, 4.69) is 6.92 Å². The second-order valence-corrected chi connectivity index (χ2v) is 3.50. The van der Waals surface area contributed by atoms with E-state index in [1.807, 2.05) is 6.92 Å². The van der Waals surface area contributed by atoms with Crippen molar-refractivity contribution in [2.75, 3.05) is 13.2 Å². The molecule has 70 valence electrons. The van der Waals surface area contributed by atoms with Crippen molar-refractivity contribution in [2.45, 2.75) is 33.0 Å². The Balaban J connectivity index is 2.20. The van der Waals surface area contributed by atoms with E-state index in [1.165, 1.54) is 0 Å². The molecule has 1 rings (SSSR count). The van der Waals surface area contributed by atoms with Gasteiger partial charge in [-0.2, -0.15) is 0 Å². The van der Waals surface area contributed by atoms with Crippen LogP contribution in [0.25, 0.3) is 0 Å². The number of rotatable bonds is 3. The Morgan fingerprint density at radius 1 is 1.42 bits per heavy atom. The molecule has 2 heteroatoms. The van der Waals surface area contributed by atoms with E-state index in [9.17, 15) is 0 Å². The van der Waals surface area contributed by atoms with Crippen LogP contribution in [0.3, 0.4) is 0 Å². The second kappa shape index (κ2) is 4.83. The summed E-state index contributed by atoms with van der Waals surface area (Å²) in [4.78, 5) is 0. The van der Waals surface area contributed by atoms with Crippen LogP contribution in [-0.2, 0) is 9.47 Å². The summed E-state index contributed by atoms with van der Waals surface area (Å²) in [6, 6.07) is 0. The Kier molecular flexibility index (Phi) is 4.02. The zero-order chi connectivity index (χ0) is 8.97. The van der Waals surface area contributed by atoms with Gasteiger partial charge in [-0.25, -0.2) is 0 Å². The molecule has 1 aliphatic heterocycles. The summed E-state index contributed by atoms with van der Waals surface area (Å²) in [5.41, 5.74) is 0. The highest BCUT2D eigenvalue weighted by Crippen LogP contribution is 2.20. The second-order valence-electron chi connectivity index (χ2n) is 3.50. The van der Waals surface area contributed by atoms with E-state index in [0.717, 1.165) is 26.1 Å². The average Bonchev–Trinajstić information content (AvgIpc) is 2.06. The highest BCUT2D eigenvalue weighted by Gasteiger charge is 2.23. The van der Waals surface area contributed by atoms with Crippen LogP contribution in [0, 0.1) is 18.8 Å². The van der Waals surface area contributed by atoms with E-state index in [4.69, 9.17) is 16.4 Å². The minimum absolute atomic E-state index is 0.0185. The van der Waals surface area contributed by atoms with Crippen molar-refractivity contribution in [3.05, 3.63) is 6.92 Å². The highest BCUT2D eigenvalue weighted by molar-refractivity contribution is 4.70. The minimum Gasteiger partial charge on any atom is -0.352 e. The molecular formula is C10H18O2. The van der Waals surface area contributed by atoms with E-state index in [-0.39, 0.29) is 12.2 Å². The molecule has 2 nitrogen and oxygen atoms in total. The first kappa shape index (κ1) is 10.0. The molecule has 0 aromatic heterocycles. The lowest BCUT2D eigenvalue weighted by Gasteiger charge is -2.31. The molecule has 0 aliphatic carbocycles. The van der Waals surface area contributed by atoms with Gasteiger partial charge in [-0.15, -0.1) is 0 Å². The van der Waals surface area contributed by atoms with Crippen LogP contribution >= 0.6 is 0 Å². The summed E-state index contributed by atoms with van der Waals surface area (Å²) in [6.07, 6.45) is 2.11. The Morgan fingerprint density at radius 2 is 2.00 bits per heavy atom. The monoisotopic (exact) mass is 170 g/mol. The molecule has 0 N–H and O–H groups in total. The van der Waals surface area contributed by atoms with Crippen LogP contribution < -0.4 is 0 Å². The molecule has 1 saturated heterocycles. The van der Waals surface area contributed by atoms with Crippen molar-refractivity contribution in [3.8, 4) is 0 Å². The van der Waals surface area contributed by atoms with Crippen molar-refractivity contribution in [1.82, 2.24) is 0 Å². The molecule has 0 bridgehead atoms. The van der Waals surface area contributed by atoms with Crippen molar-refractivity contribution < 1.29 is 9.47 Å². The fraction of sp³-hybridized carbons (Fsp3) is 0.900. The zero-order valence-electron chi connectivity index (χ0n) is 7.95. The lowest BCUT2D eigenvalue weighted by molar-refractivity contribution is -0.207. The maximum absolute atomic E-state index is 5.73. The van der Waals surface area contributed by atoms with Gasteiger partial charge in [0.05, 0.1) is 13.2 Å². The maximum Gasteiger partial charge on any atom is 0.157 e. The normalized spacial score (nSPS) is 31.0. The van der Waals surface area contributed by atoms with E-state index in [0.29, 0.717) is 5.92 Å². The lowest BCUT2D eigenvalue weighted by atomic mass is 9.97. The Bertz CT molecular complexity index is 115. The predicted molar refractivity (Wildman–Crippen MR) is 47.6 cm³/mol. The summed E-state index contributed by atoms with van der Waals surface area (Å²) < 4.78 is 11.0. The average molecular weight is 170 g/mol. The number of hydrogen-bond donors (Lipinski definition) is 0. The summed E-state index contributed by atoms with van der Waals surface area (Å²) in [5, 5.41) is 0. The predicted octanol–water partition coefficient (Wildman–Crippen LogP) is 2.12. The van der Waals surface area contributed by atoms with E-state index < -0.39 is 0 Å². The fourth-order valence-electron chi connectivity index (χ4n) is 1.26. The minimum atomic E-state index is 0.0185. The topological polar surface area (TPSA) is 18.5 Å². The van der Waals surface area contributed by atoms with Gasteiger partial charge < -0.3 is 9.47 Å². The van der Waals surface area contributed by atoms with Gasteiger partial charge in [0.2, 0.25) is 0 Å². The van der Waals surface area contributed by atoms with Gasteiger partial charge >= 0.3 is 0 Å². The van der Waals surface area contributed by atoms with Gasteiger partial charge in [0, 0.05) is 5.92 Å². The first-order chi connectivity index (χ1) is 5.74. The van der Waals surface area contributed by atoms with Gasteiger partial charge in [-0.1, -0.05) is 20.3 Å². The molecule has 0 spiro atoms. The molecule has 1 heterocycles. The van der Waals surface area contributed by atoms with Gasteiger partial charge in [-0.05, 0) is 19.3 Å². The standard InChI is InChI=1S/C10H18O2/c1-4-5-10-11-6-9(7-12-10)8(2)3/h2,8-10H,4-7H2,1,3H3. The molecule has 0 aromatic rings. The summed E-state index contributed by atoms with van der Waals surface area (Å²) in [6.45, 7) is 11.4. The van der Waals surface area contributed by atoms with Crippen molar-refractivity contribution in [2.24, 2.45) is 11.8 Å². The molecule has 12 heavy (non-hydrogen) atoms. The van der Waals surface area contributed by atoms with E-state index >= 15 is 0 Å².